The summed E-state index contributed by atoms with van der Waals surface area (Å²) in [6.45, 7) is 4.27. The number of carbonyl (C=O) groups is 1. The summed E-state index contributed by atoms with van der Waals surface area (Å²) in [4.78, 5) is 12.2. The Balaban J connectivity index is 1.60. The van der Waals surface area contributed by atoms with Crippen LogP contribution in [0.25, 0.3) is 0 Å². The Morgan fingerprint density at radius 3 is 2.62 bits per heavy atom. The summed E-state index contributed by atoms with van der Waals surface area (Å²) in [5.41, 5.74) is 7.91. The topological polar surface area (TPSA) is 83.7 Å². The molecule has 0 heterocycles. The van der Waals surface area contributed by atoms with Crippen LogP contribution in [-0.4, -0.2) is 19.2 Å². The third-order valence-corrected chi connectivity index (χ3v) is 4.96. The van der Waals surface area contributed by atoms with Gasteiger partial charge in [0.25, 0.3) is 0 Å². The van der Waals surface area contributed by atoms with Crippen molar-refractivity contribution in [1.29, 1.82) is 5.26 Å². The average molecular weight is 428 g/mol. The molecule has 0 spiro atoms. The predicted octanol–water partition coefficient (Wildman–Crippen LogP) is 4.46. The van der Waals surface area contributed by atoms with Crippen molar-refractivity contribution in [3.63, 3.8) is 0 Å². The maximum absolute atomic E-state index is 12.2. The van der Waals surface area contributed by atoms with Gasteiger partial charge in [0.1, 0.15) is 6.61 Å². The first-order valence-corrected chi connectivity index (χ1v) is 10.2. The molecule has 0 saturated carbocycles. The molecule has 0 unspecified atom stereocenters. The third kappa shape index (κ3) is 5.96. The molecule has 0 aliphatic rings. The van der Waals surface area contributed by atoms with Crippen LogP contribution in [-0.2, 0) is 17.8 Å². The van der Waals surface area contributed by atoms with Gasteiger partial charge in [-0.1, -0.05) is 42.0 Å². The molecule has 0 radical (unpaired) electrons. The average Bonchev–Trinajstić information content (AvgIpc) is 2.80. The van der Waals surface area contributed by atoms with Crippen molar-refractivity contribution < 1.29 is 14.3 Å². The number of hydrogen-bond donors (Lipinski definition) is 1. The SMILES string of the molecule is COc1cc(/C=N\NC(=O)Cc2ccc(C)cc2C)ccc1OCc1ccccc1C#N. The molecule has 6 nitrogen and oxygen atoms in total. The number of hydrogen-bond acceptors (Lipinski definition) is 5. The fraction of sp³-hybridized carbons (Fsp3) is 0.192. The number of carbonyl (C=O) groups excluding carboxylic acids is 1. The van der Waals surface area contributed by atoms with Crippen LogP contribution in [0.5, 0.6) is 11.5 Å². The Bertz CT molecular complexity index is 1180. The monoisotopic (exact) mass is 427 g/mol. The molecule has 0 bridgehead atoms. The number of aryl methyl sites for hydroxylation is 2. The standard InChI is InChI=1S/C26H25N3O3/c1-18-8-10-21(19(2)12-18)14-26(30)29-28-16-20-9-11-24(25(13-20)31-3)32-17-23-7-5-4-6-22(23)15-27/h4-13,16H,14,17H2,1-3H3,(H,29,30)/b28-16-. The first kappa shape index (κ1) is 22.6. The summed E-state index contributed by atoms with van der Waals surface area (Å²) in [6.07, 6.45) is 1.82. The van der Waals surface area contributed by atoms with E-state index in [0.29, 0.717) is 17.1 Å². The smallest absolute Gasteiger partial charge is 0.244 e. The zero-order chi connectivity index (χ0) is 22.9. The number of methoxy groups -OCH3 is 1. The molecule has 0 aliphatic heterocycles. The first-order chi connectivity index (χ1) is 15.5. The second-order valence-electron chi connectivity index (χ2n) is 7.37. The van der Waals surface area contributed by atoms with Crippen LogP contribution in [0.1, 0.15) is 33.4 Å². The van der Waals surface area contributed by atoms with Crippen molar-refractivity contribution in [3.8, 4) is 17.6 Å². The van der Waals surface area contributed by atoms with Crippen LogP contribution < -0.4 is 14.9 Å². The molecule has 0 fully saturated rings. The van der Waals surface area contributed by atoms with E-state index in [0.717, 1.165) is 22.3 Å². The highest BCUT2D eigenvalue weighted by Crippen LogP contribution is 2.28. The Morgan fingerprint density at radius 2 is 1.88 bits per heavy atom. The second-order valence-corrected chi connectivity index (χ2v) is 7.37. The van der Waals surface area contributed by atoms with E-state index in [1.54, 1.807) is 31.5 Å². The molecule has 0 aliphatic carbocycles. The third-order valence-electron chi connectivity index (χ3n) is 4.96. The zero-order valence-electron chi connectivity index (χ0n) is 18.4. The van der Waals surface area contributed by atoms with E-state index in [2.05, 4.69) is 22.7 Å². The molecule has 0 aromatic heterocycles. The van der Waals surface area contributed by atoms with Crippen LogP contribution >= 0.6 is 0 Å². The maximum atomic E-state index is 12.2. The van der Waals surface area contributed by atoms with Gasteiger partial charge in [0.05, 0.1) is 31.4 Å². The number of rotatable bonds is 8. The quantitative estimate of drug-likeness (QED) is 0.425. The Hall–Kier alpha value is -4.11. The molecule has 6 heteroatoms. The van der Waals surface area contributed by atoms with Crippen LogP contribution in [0.15, 0.2) is 65.8 Å². The summed E-state index contributed by atoms with van der Waals surface area (Å²) in [7, 11) is 1.55. The first-order valence-electron chi connectivity index (χ1n) is 10.2. The van der Waals surface area contributed by atoms with Gasteiger partial charge in [-0.25, -0.2) is 5.43 Å². The van der Waals surface area contributed by atoms with Gasteiger partial charge in [-0.15, -0.1) is 0 Å². The van der Waals surface area contributed by atoms with Gasteiger partial charge >= 0.3 is 0 Å². The normalized spacial score (nSPS) is 10.6. The van der Waals surface area contributed by atoms with E-state index in [4.69, 9.17) is 9.47 Å². The molecule has 3 rings (SSSR count). The molecular weight excluding hydrogens is 402 g/mol. The van der Waals surface area contributed by atoms with Gasteiger partial charge in [-0.2, -0.15) is 10.4 Å². The minimum Gasteiger partial charge on any atom is -0.493 e. The molecule has 1 amide bonds. The van der Waals surface area contributed by atoms with E-state index in [9.17, 15) is 10.1 Å². The summed E-state index contributed by atoms with van der Waals surface area (Å²) in [6, 6.07) is 20.8. The Morgan fingerprint density at radius 1 is 1.06 bits per heavy atom. The second kappa shape index (κ2) is 10.8. The molecule has 3 aromatic rings. The molecule has 1 N–H and O–H groups in total. The van der Waals surface area contributed by atoms with E-state index in [1.165, 1.54) is 5.56 Å². The van der Waals surface area contributed by atoms with E-state index >= 15 is 0 Å². The molecule has 162 valence electrons. The molecule has 0 atom stereocenters. The summed E-state index contributed by atoms with van der Waals surface area (Å²) >= 11 is 0. The van der Waals surface area contributed by atoms with Crippen LogP contribution in [0, 0.1) is 25.2 Å². The van der Waals surface area contributed by atoms with Gasteiger partial charge in [-0.3, -0.25) is 4.79 Å². The Kier molecular flexibility index (Phi) is 7.60. The van der Waals surface area contributed by atoms with Gasteiger partial charge in [0.2, 0.25) is 5.91 Å². The highest BCUT2D eigenvalue weighted by Gasteiger charge is 2.08. The lowest BCUT2D eigenvalue weighted by Crippen LogP contribution is -2.20. The van der Waals surface area contributed by atoms with Crippen molar-refractivity contribution in [1.82, 2.24) is 5.43 Å². The van der Waals surface area contributed by atoms with Crippen LogP contribution in [0.3, 0.4) is 0 Å². The van der Waals surface area contributed by atoms with Crippen molar-refractivity contribution in [2.75, 3.05) is 7.11 Å². The van der Waals surface area contributed by atoms with E-state index in [1.807, 2.05) is 50.2 Å². The minimum absolute atomic E-state index is 0.184. The van der Waals surface area contributed by atoms with Gasteiger partial charge in [-0.05, 0) is 54.8 Å². The number of hydrazone groups is 1. The molecule has 32 heavy (non-hydrogen) atoms. The van der Waals surface area contributed by atoms with Crippen molar-refractivity contribution in [3.05, 3.63) is 94.0 Å². The number of nitrogens with one attached hydrogen (secondary N) is 1. The van der Waals surface area contributed by atoms with Crippen LogP contribution in [0.2, 0.25) is 0 Å². The lowest BCUT2D eigenvalue weighted by molar-refractivity contribution is -0.120. The Labute approximate surface area is 188 Å². The molecule has 0 saturated heterocycles. The van der Waals surface area contributed by atoms with Gasteiger partial charge in [0, 0.05) is 5.56 Å². The highest BCUT2D eigenvalue weighted by atomic mass is 16.5. The van der Waals surface area contributed by atoms with Crippen molar-refractivity contribution in [2.24, 2.45) is 5.10 Å². The number of amides is 1. The summed E-state index contributed by atoms with van der Waals surface area (Å²) in [5, 5.41) is 13.3. The van der Waals surface area contributed by atoms with E-state index < -0.39 is 0 Å². The van der Waals surface area contributed by atoms with Crippen LogP contribution in [0.4, 0.5) is 0 Å². The van der Waals surface area contributed by atoms with Gasteiger partial charge < -0.3 is 9.47 Å². The minimum atomic E-state index is -0.184. The summed E-state index contributed by atoms with van der Waals surface area (Å²) < 4.78 is 11.3. The predicted molar refractivity (Wildman–Crippen MR) is 124 cm³/mol. The van der Waals surface area contributed by atoms with Gasteiger partial charge in [0.15, 0.2) is 11.5 Å². The zero-order valence-corrected chi connectivity index (χ0v) is 18.4. The molecular formula is C26H25N3O3. The number of nitrogens with zero attached hydrogens (tertiary/aromatic N) is 2. The largest absolute Gasteiger partial charge is 0.493 e. The van der Waals surface area contributed by atoms with E-state index in [-0.39, 0.29) is 18.9 Å². The van der Waals surface area contributed by atoms with Crippen molar-refractivity contribution in [2.45, 2.75) is 26.9 Å². The number of benzene rings is 3. The number of ether oxygens (including phenoxy) is 2. The maximum Gasteiger partial charge on any atom is 0.244 e. The number of nitriles is 1. The fourth-order valence-electron chi connectivity index (χ4n) is 3.23. The molecule has 3 aromatic carbocycles. The van der Waals surface area contributed by atoms with Crippen molar-refractivity contribution >= 4 is 12.1 Å². The lowest BCUT2D eigenvalue weighted by Gasteiger charge is -2.12. The fourth-order valence-corrected chi connectivity index (χ4v) is 3.23. The highest BCUT2D eigenvalue weighted by molar-refractivity contribution is 5.84. The summed E-state index contributed by atoms with van der Waals surface area (Å²) in [5.74, 6) is 0.901. The lowest BCUT2D eigenvalue weighted by atomic mass is 10.0.